The Labute approximate surface area is 118 Å². The van der Waals surface area contributed by atoms with E-state index >= 15 is 0 Å². The van der Waals surface area contributed by atoms with E-state index in [1.54, 1.807) is 0 Å². The quantitative estimate of drug-likeness (QED) is 0.785. The molecule has 0 aliphatic rings. The number of nitrogens with zero attached hydrogens (tertiary/aromatic N) is 3. The van der Waals surface area contributed by atoms with E-state index in [2.05, 4.69) is 53.0 Å². The molecular weight excluding hydrogens is 248 g/mol. The molecule has 4 nitrogen and oxygen atoms in total. The highest BCUT2D eigenvalue weighted by molar-refractivity contribution is 5.77. The van der Waals surface area contributed by atoms with Gasteiger partial charge >= 0.3 is 0 Å². The fourth-order valence-corrected chi connectivity index (χ4v) is 2.41. The molecule has 2 heterocycles. The van der Waals surface area contributed by atoms with Crippen molar-refractivity contribution in [3.05, 3.63) is 42.6 Å². The van der Waals surface area contributed by atoms with E-state index in [1.807, 2.05) is 25.4 Å². The topological polar surface area (TPSA) is 42.7 Å². The summed E-state index contributed by atoms with van der Waals surface area (Å²) >= 11 is 0. The van der Waals surface area contributed by atoms with Crippen molar-refractivity contribution < 1.29 is 0 Å². The average Bonchev–Trinajstić information content (AvgIpc) is 2.86. The molecule has 0 amide bonds. The van der Waals surface area contributed by atoms with Crippen molar-refractivity contribution in [3.8, 4) is 11.4 Å². The molecule has 3 aromatic rings. The predicted octanol–water partition coefficient (Wildman–Crippen LogP) is 3.72. The maximum Gasteiger partial charge on any atom is 0.160 e. The first-order valence-electron chi connectivity index (χ1n) is 6.82. The van der Waals surface area contributed by atoms with Gasteiger partial charge in [-0.2, -0.15) is 0 Å². The molecule has 0 unspecified atom stereocenters. The second kappa shape index (κ2) is 4.96. The Hall–Kier alpha value is -2.36. The molecule has 2 aromatic heterocycles. The van der Waals surface area contributed by atoms with Gasteiger partial charge in [0, 0.05) is 30.5 Å². The summed E-state index contributed by atoms with van der Waals surface area (Å²) in [4.78, 5) is 9.21. The fourth-order valence-electron chi connectivity index (χ4n) is 2.41. The van der Waals surface area contributed by atoms with Crippen LogP contribution in [0.15, 0.2) is 42.6 Å². The largest absolute Gasteiger partial charge is 0.388 e. The lowest BCUT2D eigenvalue weighted by Gasteiger charge is -2.12. The van der Waals surface area contributed by atoms with Gasteiger partial charge < -0.3 is 9.88 Å². The van der Waals surface area contributed by atoms with Crippen LogP contribution >= 0.6 is 0 Å². The van der Waals surface area contributed by atoms with Crippen LogP contribution in [0, 0.1) is 0 Å². The zero-order valence-electron chi connectivity index (χ0n) is 12.0. The highest BCUT2D eigenvalue weighted by Gasteiger charge is 2.15. The van der Waals surface area contributed by atoms with Crippen LogP contribution < -0.4 is 5.32 Å². The van der Waals surface area contributed by atoms with Crippen molar-refractivity contribution in [3.63, 3.8) is 0 Å². The van der Waals surface area contributed by atoms with Crippen molar-refractivity contribution in [2.45, 2.75) is 19.9 Å². The van der Waals surface area contributed by atoms with E-state index in [1.165, 1.54) is 0 Å². The first-order chi connectivity index (χ1) is 9.70. The normalized spacial score (nSPS) is 11.2. The lowest BCUT2D eigenvalue weighted by Crippen LogP contribution is -2.04. The number of anilines is 1. The Morgan fingerprint density at radius 1 is 1.10 bits per heavy atom. The van der Waals surface area contributed by atoms with Crippen LogP contribution in [0.1, 0.15) is 19.9 Å². The van der Waals surface area contributed by atoms with Crippen LogP contribution in [-0.2, 0) is 0 Å². The van der Waals surface area contributed by atoms with Gasteiger partial charge in [0.05, 0.1) is 0 Å². The van der Waals surface area contributed by atoms with Crippen molar-refractivity contribution in [1.82, 2.24) is 14.5 Å². The van der Waals surface area contributed by atoms with E-state index < -0.39 is 0 Å². The molecule has 1 aromatic carbocycles. The summed E-state index contributed by atoms with van der Waals surface area (Å²) in [6, 6.07) is 12.5. The maximum absolute atomic E-state index is 4.74. The van der Waals surface area contributed by atoms with Gasteiger partial charge in [-0.1, -0.05) is 0 Å². The number of aromatic nitrogens is 3. The van der Waals surface area contributed by atoms with E-state index in [9.17, 15) is 0 Å². The molecule has 0 bridgehead atoms. The fraction of sp³-hybridized carbons (Fsp3) is 0.250. The lowest BCUT2D eigenvalue weighted by atomic mass is 10.2. The number of imidazole rings is 1. The minimum Gasteiger partial charge on any atom is -0.388 e. The molecule has 0 aliphatic carbocycles. The van der Waals surface area contributed by atoms with E-state index in [4.69, 9.17) is 4.98 Å². The molecule has 1 N–H and O–H groups in total. The van der Waals surface area contributed by atoms with Gasteiger partial charge in [-0.25, -0.2) is 9.97 Å². The van der Waals surface area contributed by atoms with Crippen LogP contribution in [0.4, 0.5) is 5.69 Å². The van der Waals surface area contributed by atoms with Crippen molar-refractivity contribution >= 4 is 16.9 Å². The Kier molecular flexibility index (Phi) is 3.14. The third-order valence-electron chi connectivity index (χ3n) is 3.40. The molecule has 20 heavy (non-hydrogen) atoms. The van der Waals surface area contributed by atoms with Gasteiger partial charge in [0.1, 0.15) is 11.3 Å². The number of hydrogen-bond acceptors (Lipinski definition) is 3. The molecule has 0 saturated heterocycles. The molecule has 0 aliphatic heterocycles. The van der Waals surface area contributed by atoms with E-state index in [0.29, 0.717) is 6.04 Å². The molecule has 4 heteroatoms. The van der Waals surface area contributed by atoms with Crippen molar-refractivity contribution in [2.24, 2.45) is 0 Å². The standard InChI is InChI=1S/C16H18N4/c1-11(2)20-15(12-6-8-13(17-3)9-7-12)19-14-5-4-10-18-16(14)20/h4-11,17H,1-3H3. The molecule has 0 saturated carbocycles. The first kappa shape index (κ1) is 12.7. The summed E-state index contributed by atoms with van der Waals surface area (Å²) in [5.41, 5.74) is 4.08. The monoisotopic (exact) mass is 266 g/mol. The third-order valence-corrected chi connectivity index (χ3v) is 3.40. The van der Waals surface area contributed by atoms with E-state index in [0.717, 1.165) is 28.2 Å². The summed E-state index contributed by atoms with van der Waals surface area (Å²) in [6.07, 6.45) is 1.82. The number of fused-ring (bicyclic) bond motifs is 1. The molecule has 0 atom stereocenters. The summed E-state index contributed by atoms with van der Waals surface area (Å²) < 4.78 is 2.18. The van der Waals surface area contributed by atoms with Crippen molar-refractivity contribution in [2.75, 3.05) is 12.4 Å². The summed E-state index contributed by atoms with van der Waals surface area (Å²) in [5, 5.41) is 3.13. The zero-order valence-corrected chi connectivity index (χ0v) is 12.0. The second-order valence-corrected chi connectivity index (χ2v) is 5.07. The van der Waals surface area contributed by atoms with E-state index in [-0.39, 0.29) is 0 Å². The molecular formula is C16H18N4. The number of hydrogen-bond donors (Lipinski definition) is 1. The van der Waals surface area contributed by atoms with Crippen LogP contribution in [0.2, 0.25) is 0 Å². The van der Waals surface area contributed by atoms with Gasteiger partial charge in [0.25, 0.3) is 0 Å². The van der Waals surface area contributed by atoms with Gasteiger partial charge in [-0.3, -0.25) is 0 Å². The van der Waals surface area contributed by atoms with Crippen LogP contribution in [0.25, 0.3) is 22.6 Å². The molecule has 0 spiro atoms. The molecule has 3 rings (SSSR count). The van der Waals surface area contributed by atoms with Gasteiger partial charge in [-0.15, -0.1) is 0 Å². The zero-order chi connectivity index (χ0) is 14.1. The number of nitrogens with one attached hydrogen (secondary N) is 1. The second-order valence-electron chi connectivity index (χ2n) is 5.07. The lowest BCUT2D eigenvalue weighted by molar-refractivity contribution is 0.620. The Bertz CT molecular complexity index is 726. The highest BCUT2D eigenvalue weighted by Crippen LogP contribution is 2.27. The Morgan fingerprint density at radius 2 is 1.85 bits per heavy atom. The number of pyridine rings is 1. The molecule has 0 radical (unpaired) electrons. The van der Waals surface area contributed by atoms with Crippen molar-refractivity contribution in [1.29, 1.82) is 0 Å². The van der Waals surface area contributed by atoms with Crippen LogP contribution in [-0.4, -0.2) is 21.6 Å². The summed E-state index contributed by atoms with van der Waals surface area (Å²) in [5.74, 6) is 0.969. The minimum absolute atomic E-state index is 0.314. The maximum atomic E-state index is 4.74. The Balaban J connectivity index is 2.21. The molecule has 102 valence electrons. The van der Waals surface area contributed by atoms with Crippen LogP contribution in [0.3, 0.4) is 0 Å². The molecule has 0 fully saturated rings. The predicted molar refractivity (Wildman–Crippen MR) is 82.9 cm³/mol. The smallest absolute Gasteiger partial charge is 0.160 e. The number of rotatable bonds is 3. The number of benzene rings is 1. The highest BCUT2D eigenvalue weighted by atomic mass is 15.1. The summed E-state index contributed by atoms with van der Waals surface area (Å²) in [6.45, 7) is 4.31. The Morgan fingerprint density at radius 3 is 2.50 bits per heavy atom. The minimum atomic E-state index is 0.314. The van der Waals surface area contributed by atoms with Gasteiger partial charge in [-0.05, 0) is 50.2 Å². The SMILES string of the molecule is CNc1ccc(-c2nc3cccnc3n2C(C)C)cc1. The average molecular weight is 266 g/mol. The third kappa shape index (κ3) is 2.03. The summed E-state index contributed by atoms with van der Waals surface area (Å²) in [7, 11) is 1.92. The van der Waals surface area contributed by atoms with Gasteiger partial charge in [0.15, 0.2) is 5.65 Å². The first-order valence-corrected chi connectivity index (χ1v) is 6.82. The van der Waals surface area contributed by atoms with Gasteiger partial charge in [0.2, 0.25) is 0 Å². The van der Waals surface area contributed by atoms with Crippen LogP contribution in [0.5, 0.6) is 0 Å².